The predicted octanol–water partition coefficient (Wildman–Crippen LogP) is 5.64. The molecule has 1 aliphatic carbocycles. The minimum atomic E-state index is 0.386. The van der Waals surface area contributed by atoms with E-state index in [0.29, 0.717) is 17.0 Å². The smallest absolute Gasteiger partial charge is 0.136 e. The molecule has 0 N–H and O–H groups in total. The summed E-state index contributed by atoms with van der Waals surface area (Å²) in [7, 11) is 0. The highest BCUT2D eigenvalue weighted by atomic mass is 35.5. The highest BCUT2D eigenvalue weighted by Crippen LogP contribution is 2.37. The topological polar surface area (TPSA) is 25.8 Å². The lowest BCUT2D eigenvalue weighted by Gasteiger charge is -2.28. The van der Waals surface area contributed by atoms with Crippen molar-refractivity contribution in [2.75, 3.05) is 0 Å². The van der Waals surface area contributed by atoms with Gasteiger partial charge in [-0.15, -0.1) is 0 Å². The first-order valence-electron chi connectivity index (χ1n) is 8.06. The molecular weight excluding hydrogens is 268 g/mol. The maximum absolute atomic E-state index is 6.38. The number of aromatic nitrogens is 2. The third kappa shape index (κ3) is 3.52. The first kappa shape index (κ1) is 15.8. The molecule has 0 saturated heterocycles. The third-order valence-electron chi connectivity index (χ3n) is 4.59. The van der Waals surface area contributed by atoms with Crippen LogP contribution in [0.2, 0.25) is 5.15 Å². The molecule has 0 radical (unpaired) electrons. The molecule has 0 aliphatic heterocycles. The molecule has 0 bridgehead atoms. The standard InChI is InChI=1S/C17H27ClN2/c1-5-6-13-7-9-14(10-8-13)17-19-12(4)15(11(2)3)16(18)20-17/h11,13-14H,5-10H2,1-4H3. The van der Waals surface area contributed by atoms with Gasteiger partial charge in [-0.1, -0.05) is 45.2 Å². The van der Waals surface area contributed by atoms with Crippen LogP contribution in [0.3, 0.4) is 0 Å². The zero-order valence-electron chi connectivity index (χ0n) is 13.2. The van der Waals surface area contributed by atoms with Gasteiger partial charge < -0.3 is 0 Å². The molecule has 3 heteroatoms. The second-order valence-corrected chi connectivity index (χ2v) is 6.89. The van der Waals surface area contributed by atoms with Crippen molar-refractivity contribution in [2.24, 2.45) is 5.92 Å². The molecular formula is C17H27ClN2. The summed E-state index contributed by atoms with van der Waals surface area (Å²) in [6.07, 6.45) is 7.78. The van der Waals surface area contributed by atoms with E-state index < -0.39 is 0 Å². The Kier molecular flexibility index (Phi) is 5.42. The SMILES string of the molecule is CCCC1CCC(c2nc(C)c(C(C)C)c(Cl)n2)CC1. The maximum atomic E-state index is 6.38. The van der Waals surface area contributed by atoms with Crippen molar-refractivity contribution in [3.8, 4) is 0 Å². The lowest BCUT2D eigenvalue weighted by molar-refractivity contribution is 0.302. The summed E-state index contributed by atoms with van der Waals surface area (Å²) >= 11 is 6.38. The van der Waals surface area contributed by atoms with E-state index in [1.807, 2.05) is 0 Å². The van der Waals surface area contributed by atoms with Crippen molar-refractivity contribution in [2.45, 2.75) is 78.1 Å². The molecule has 0 amide bonds. The quantitative estimate of drug-likeness (QED) is 0.672. The fourth-order valence-corrected chi connectivity index (χ4v) is 3.96. The van der Waals surface area contributed by atoms with Crippen molar-refractivity contribution in [1.82, 2.24) is 9.97 Å². The molecule has 112 valence electrons. The van der Waals surface area contributed by atoms with Gasteiger partial charge in [-0.05, 0) is 44.4 Å². The molecule has 1 aromatic heterocycles. The van der Waals surface area contributed by atoms with Crippen molar-refractivity contribution in [1.29, 1.82) is 0 Å². The summed E-state index contributed by atoms with van der Waals surface area (Å²) in [5.41, 5.74) is 2.17. The first-order valence-corrected chi connectivity index (χ1v) is 8.44. The Labute approximate surface area is 128 Å². The number of hydrogen-bond donors (Lipinski definition) is 0. The van der Waals surface area contributed by atoms with Gasteiger partial charge in [0.05, 0.1) is 0 Å². The van der Waals surface area contributed by atoms with Crippen LogP contribution in [0, 0.1) is 12.8 Å². The largest absolute Gasteiger partial charge is 0.238 e. The van der Waals surface area contributed by atoms with Crippen LogP contribution < -0.4 is 0 Å². The molecule has 0 unspecified atom stereocenters. The van der Waals surface area contributed by atoms with E-state index in [-0.39, 0.29) is 0 Å². The van der Waals surface area contributed by atoms with Gasteiger partial charge in [0.2, 0.25) is 0 Å². The maximum Gasteiger partial charge on any atom is 0.136 e. The number of hydrogen-bond acceptors (Lipinski definition) is 2. The molecule has 2 rings (SSSR count). The minimum Gasteiger partial charge on any atom is -0.238 e. The van der Waals surface area contributed by atoms with Crippen molar-refractivity contribution in [3.63, 3.8) is 0 Å². The van der Waals surface area contributed by atoms with Crippen LogP contribution in [0.1, 0.15) is 88.2 Å². The van der Waals surface area contributed by atoms with Crippen molar-refractivity contribution >= 4 is 11.6 Å². The molecule has 0 atom stereocenters. The minimum absolute atomic E-state index is 0.386. The molecule has 1 saturated carbocycles. The Bertz CT molecular complexity index is 425. The summed E-state index contributed by atoms with van der Waals surface area (Å²) in [6, 6.07) is 0. The van der Waals surface area contributed by atoms with Gasteiger partial charge in [-0.3, -0.25) is 0 Å². The lowest BCUT2D eigenvalue weighted by atomic mass is 9.79. The Hall–Kier alpha value is -0.630. The number of aryl methyl sites for hydroxylation is 1. The molecule has 2 nitrogen and oxygen atoms in total. The molecule has 0 spiro atoms. The Morgan fingerprint density at radius 2 is 1.80 bits per heavy atom. The van der Waals surface area contributed by atoms with Crippen LogP contribution >= 0.6 is 11.6 Å². The number of rotatable bonds is 4. The molecule has 1 heterocycles. The summed E-state index contributed by atoms with van der Waals surface area (Å²) < 4.78 is 0. The van der Waals surface area contributed by atoms with Gasteiger partial charge >= 0.3 is 0 Å². The highest BCUT2D eigenvalue weighted by Gasteiger charge is 2.25. The van der Waals surface area contributed by atoms with Gasteiger partial charge in [0.25, 0.3) is 0 Å². The normalized spacial score (nSPS) is 23.3. The first-order chi connectivity index (χ1) is 9.52. The van der Waals surface area contributed by atoms with Crippen molar-refractivity contribution in [3.05, 3.63) is 22.2 Å². The van der Waals surface area contributed by atoms with Gasteiger partial charge in [-0.25, -0.2) is 9.97 Å². The van der Waals surface area contributed by atoms with E-state index in [9.17, 15) is 0 Å². The molecule has 1 fully saturated rings. The molecule has 20 heavy (non-hydrogen) atoms. The zero-order chi connectivity index (χ0) is 14.7. The van der Waals surface area contributed by atoms with Gasteiger partial charge in [0.1, 0.15) is 11.0 Å². The molecule has 0 aromatic carbocycles. The zero-order valence-corrected chi connectivity index (χ0v) is 14.0. The highest BCUT2D eigenvalue weighted by molar-refractivity contribution is 6.30. The summed E-state index contributed by atoms with van der Waals surface area (Å²) in [4.78, 5) is 9.36. The second kappa shape index (κ2) is 6.89. The lowest BCUT2D eigenvalue weighted by Crippen LogP contribution is -2.16. The van der Waals surface area contributed by atoms with Crippen LogP contribution in [0.15, 0.2) is 0 Å². The number of halogens is 1. The Morgan fingerprint density at radius 3 is 2.30 bits per heavy atom. The second-order valence-electron chi connectivity index (χ2n) is 6.53. The van der Waals surface area contributed by atoms with E-state index >= 15 is 0 Å². The van der Waals surface area contributed by atoms with Gasteiger partial charge in [-0.2, -0.15) is 0 Å². The third-order valence-corrected chi connectivity index (χ3v) is 4.88. The fourth-order valence-electron chi connectivity index (χ4n) is 3.52. The fraction of sp³-hybridized carbons (Fsp3) is 0.765. The summed E-state index contributed by atoms with van der Waals surface area (Å²) in [5, 5.41) is 0.665. The van der Waals surface area contributed by atoms with E-state index in [1.54, 1.807) is 0 Å². The molecule has 1 aromatic rings. The molecule has 1 aliphatic rings. The van der Waals surface area contributed by atoms with E-state index in [1.165, 1.54) is 38.5 Å². The van der Waals surface area contributed by atoms with E-state index in [0.717, 1.165) is 23.0 Å². The Morgan fingerprint density at radius 1 is 1.15 bits per heavy atom. The average Bonchev–Trinajstić information content (AvgIpc) is 2.38. The van der Waals surface area contributed by atoms with Crippen molar-refractivity contribution < 1.29 is 0 Å². The summed E-state index contributed by atoms with van der Waals surface area (Å²) in [6.45, 7) is 8.64. The summed E-state index contributed by atoms with van der Waals surface area (Å²) in [5.74, 6) is 2.80. The van der Waals surface area contributed by atoms with Crippen LogP contribution in [-0.4, -0.2) is 9.97 Å². The monoisotopic (exact) mass is 294 g/mol. The Balaban J connectivity index is 2.11. The van der Waals surface area contributed by atoms with Crippen LogP contribution in [-0.2, 0) is 0 Å². The average molecular weight is 295 g/mol. The van der Waals surface area contributed by atoms with Crippen LogP contribution in [0.4, 0.5) is 0 Å². The van der Waals surface area contributed by atoms with Crippen LogP contribution in [0.25, 0.3) is 0 Å². The number of nitrogens with zero attached hydrogens (tertiary/aromatic N) is 2. The van der Waals surface area contributed by atoms with Gasteiger partial charge in [0.15, 0.2) is 0 Å². The van der Waals surface area contributed by atoms with Gasteiger partial charge in [0, 0.05) is 17.2 Å². The van der Waals surface area contributed by atoms with E-state index in [2.05, 4.69) is 32.7 Å². The van der Waals surface area contributed by atoms with E-state index in [4.69, 9.17) is 16.6 Å². The predicted molar refractivity (Wildman–Crippen MR) is 85.5 cm³/mol. The van der Waals surface area contributed by atoms with Crippen LogP contribution in [0.5, 0.6) is 0 Å².